The third kappa shape index (κ3) is 3.03. The average Bonchev–Trinajstić information content (AvgIpc) is 3.05. The van der Waals surface area contributed by atoms with E-state index in [0.29, 0.717) is 11.9 Å². The second-order valence-corrected chi connectivity index (χ2v) is 6.01. The Morgan fingerprint density at radius 3 is 2.59 bits per heavy atom. The Labute approximate surface area is 131 Å². The Morgan fingerprint density at radius 2 is 1.95 bits per heavy atom. The third-order valence-corrected chi connectivity index (χ3v) is 4.50. The van der Waals surface area contributed by atoms with E-state index < -0.39 is 0 Å². The molecule has 2 heterocycles. The van der Waals surface area contributed by atoms with Gasteiger partial charge in [-0.05, 0) is 38.8 Å². The fourth-order valence-corrected chi connectivity index (χ4v) is 3.01. The molecule has 0 aliphatic heterocycles. The van der Waals surface area contributed by atoms with E-state index in [9.17, 15) is 0 Å². The van der Waals surface area contributed by atoms with Gasteiger partial charge >= 0.3 is 0 Å². The summed E-state index contributed by atoms with van der Waals surface area (Å²) < 4.78 is 0. The predicted octanol–water partition coefficient (Wildman–Crippen LogP) is 3.02. The summed E-state index contributed by atoms with van der Waals surface area (Å²) in [4.78, 5) is 15.9. The predicted molar refractivity (Wildman–Crippen MR) is 88.6 cm³/mol. The zero-order valence-electron chi connectivity index (χ0n) is 13.3. The number of nitrogens with zero attached hydrogens (tertiary/aromatic N) is 4. The smallest absolute Gasteiger partial charge is 0.228 e. The molecule has 0 bridgehead atoms. The molecule has 0 radical (unpaired) electrons. The van der Waals surface area contributed by atoms with Crippen molar-refractivity contribution in [1.29, 1.82) is 0 Å². The first kappa shape index (κ1) is 14.8. The molecule has 1 saturated carbocycles. The molecule has 2 aromatic rings. The molecule has 5 heteroatoms. The summed E-state index contributed by atoms with van der Waals surface area (Å²) in [5, 5.41) is 0. The van der Waals surface area contributed by atoms with Gasteiger partial charge in [0.25, 0.3) is 0 Å². The largest absolute Gasteiger partial charge is 0.383 e. The van der Waals surface area contributed by atoms with Crippen LogP contribution in [0.4, 0.5) is 11.8 Å². The van der Waals surface area contributed by atoms with Crippen LogP contribution in [0.3, 0.4) is 0 Å². The van der Waals surface area contributed by atoms with Gasteiger partial charge < -0.3 is 10.6 Å². The molecule has 2 N–H and O–H groups in total. The topological polar surface area (TPSA) is 67.9 Å². The Balaban J connectivity index is 1.94. The summed E-state index contributed by atoms with van der Waals surface area (Å²) in [6.07, 6.45) is 6.73. The molecule has 116 valence electrons. The fourth-order valence-electron chi connectivity index (χ4n) is 3.01. The van der Waals surface area contributed by atoms with Crippen molar-refractivity contribution >= 4 is 11.8 Å². The zero-order valence-corrected chi connectivity index (χ0v) is 13.3. The van der Waals surface area contributed by atoms with Crippen LogP contribution in [0.1, 0.15) is 42.6 Å². The van der Waals surface area contributed by atoms with Crippen molar-refractivity contribution in [3.63, 3.8) is 0 Å². The fraction of sp³-hybridized carbons (Fsp3) is 0.471. The second kappa shape index (κ2) is 6.30. The number of aryl methyl sites for hydroxylation is 1. The maximum atomic E-state index is 6.06. The van der Waals surface area contributed by atoms with Crippen molar-refractivity contribution < 1.29 is 0 Å². The summed E-state index contributed by atoms with van der Waals surface area (Å²) in [5.41, 5.74) is 9.01. The van der Waals surface area contributed by atoms with Crippen molar-refractivity contribution in [3.8, 4) is 0 Å². The van der Waals surface area contributed by atoms with E-state index in [2.05, 4.69) is 19.9 Å². The minimum Gasteiger partial charge on any atom is -0.383 e. The van der Waals surface area contributed by atoms with E-state index in [0.717, 1.165) is 29.4 Å². The van der Waals surface area contributed by atoms with Crippen LogP contribution >= 0.6 is 0 Å². The molecule has 0 spiro atoms. The van der Waals surface area contributed by atoms with Crippen molar-refractivity contribution in [2.75, 3.05) is 10.6 Å². The van der Waals surface area contributed by atoms with Crippen LogP contribution in [0, 0.1) is 13.8 Å². The lowest BCUT2D eigenvalue weighted by atomic mass is 10.2. The van der Waals surface area contributed by atoms with E-state index in [1.54, 1.807) is 0 Å². The second-order valence-electron chi connectivity index (χ2n) is 6.01. The number of anilines is 2. The Morgan fingerprint density at radius 1 is 1.18 bits per heavy atom. The first-order valence-electron chi connectivity index (χ1n) is 7.92. The van der Waals surface area contributed by atoms with Crippen LogP contribution < -0.4 is 10.6 Å². The minimum absolute atomic E-state index is 0.475. The highest BCUT2D eigenvalue weighted by atomic mass is 15.3. The van der Waals surface area contributed by atoms with Gasteiger partial charge in [-0.25, -0.2) is 4.98 Å². The monoisotopic (exact) mass is 297 g/mol. The van der Waals surface area contributed by atoms with Crippen LogP contribution in [0.2, 0.25) is 0 Å². The minimum atomic E-state index is 0.475. The molecule has 1 fully saturated rings. The average molecular weight is 297 g/mol. The summed E-state index contributed by atoms with van der Waals surface area (Å²) in [7, 11) is 0. The van der Waals surface area contributed by atoms with Crippen LogP contribution in [0.5, 0.6) is 0 Å². The summed E-state index contributed by atoms with van der Waals surface area (Å²) in [6, 6.07) is 6.48. The first-order chi connectivity index (χ1) is 10.6. The lowest BCUT2D eigenvalue weighted by molar-refractivity contribution is 0.584. The standard InChI is InChI=1S/C17H23N5/c1-12-13(2)20-17(21-16(12)18)22(15-8-3-4-9-15)11-14-7-5-6-10-19-14/h5-7,10,15H,3-4,8-9,11H2,1-2H3,(H2,18,20,21). The highest BCUT2D eigenvalue weighted by Crippen LogP contribution is 2.28. The number of nitrogen functional groups attached to an aromatic ring is 1. The molecule has 0 unspecified atom stereocenters. The van der Waals surface area contributed by atoms with Gasteiger partial charge in [0.1, 0.15) is 5.82 Å². The Hall–Kier alpha value is -2.17. The Kier molecular flexibility index (Phi) is 4.22. The summed E-state index contributed by atoms with van der Waals surface area (Å²) in [6.45, 7) is 4.69. The summed E-state index contributed by atoms with van der Waals surface area (Å²) >= 11 is 0. The molecule has 3 rings (SSSR count). The number of rotatable bonds is 4. The number of nitrogens with two attached hydrogens (primary N) is 1. The van der Waals surface area contributed by atoms with Gasteiger partial charge in [-0.15, -0.1) is 0 Å². The SMILES string of the molecule is Cc1nc(N(Cc2ccccn2)C2CCCC2)nc(N)c1C. The molecule has 22 heavy (non-hydrogen) atoms. The molecule has 0 saturated heterocycles. The van der Waals surface area contributed by atoms with E-state index in [1.165, 1.54) is 25.7 Å². The maximum absolute atomic E-state index is 6.06. The van der Waals surface area contributed by atoms with Gasteiger partial charge in [-0.1, -0.05) is 18.9 Å². The normalized spacial score (nSPS) is 15.2. The quantitative estimate of drug-likeness (QED) is 0.939. The number of aromatic nitrogens is 3. The molecule has 0 aromatic carbocycles. The molecule has 1 aliphatic carbocycles. The van der Waals surface area contributed by atoms with Crippen LogP contribution in [-0.2, 0) is 6.54 Å². The molecule has 2 aromatic heterocycles. The highest BCUT2D eigenvalue weighted by molar-refractivity contribution is 5.47. The van der Waals surface area contributed by atoms with Crippen molar-refractivity contribution in [3.05, 3.63) is 41.3 Å². The first-order valence-corrected chi connectivity index (χ1v) is 7.92. The highest BCUT2D eigenvalue weighted by Gasteiger charge is 2.26. The van der Waals surface area contributed by atoms with Crippen molar-refractivity contribution in [2.24, 2.45) is 0 Å². The van der Waals surface area contributed by atoms with Crippen LogP contribution in [-0.4, -0.2) is 21.0 Å². The molecular formula is C17H23N5. The molecular weight excluding hydrogens is 274 g/mol. The molecule has 5 nitrogen and oxygen atoms in total. The molecule has 0 atom stereocenters. The van der Waals surface area contributed by atoms with Gasteiger partial charge in [0.2, 0.25) is 5.95 Å². The van der Waals surface area contributed by atoms with E-state index in [4.69, 9.17) is 5.73 Å². The molecule has 1 aliphatic rings. The lowest BCUT2D eigenvalue weighted by Gasteiger charge is -2.29. The number of hydrogen-bond acceptors (Lipinski definition) is 5. The molecule has 0 amide bonds. The van der Waals surface area contributed by atoms with E-state index >= 15 is 0 Å². The maximum Gasteiger partial charge on any atom is 0.228 e. The van der Waals surface area contributed by atoms with E-state index in [1.807, 2.05) is 38.2 Å². The zero-order chi connectivity index (χ0) is 15.5. The van der Waals surface area contributed by atoms with Crippen LogP contribution in [0.15, 0.2) is 24.4 Å². The van der Waals surface area contributed by atoms with Gasteiger partial charge in [0.05, 0.1) is 12.2 Å². The van der Waals surface area contributed by atoms with Gasteiger partial charge in [-0.3, -0.25) is 4.98 Å². The van der Waals surface area contributed by atoms with Crippen molar-refractivity contribution in [1.82, 2.24) is 15.0 Å². The van der Waals surface area contributed by atoms with E-state index in [-0.39, 0.29) is 0 Å². The number of hydrogen-bond donors (Lipinski definition) is 1. The third-order valence-electron chi connectivity index (χ3n) is 4.50. The van der Waals surface area contributed by atoms with Gasteiger partial charge in [0.15, 0.2) is 0 Å². The lowest BCUT2D eigenvalue weighted by Crippen LogP contribution is -2.35. The summed E-state index contributed by atoms with van der Waals surface area (Å²) in [5.74, 6) is 1.31. The Bertz CT molecular complexity index is 612. The number of pyridine rings is 1. The van der Waals surface area contributed by atoms with Crippen molar-refractivity contribution in [2.45, 2.75) is 52.1 Å². The van der Waals surface area contributed by atoms with Gasteiger partial charge in [0, 0.05) is 23.5 Å². The van der Waals surface area contributed by atoms with Crippen LogP contribution in [0.25, 0.3) is 0 Å². The van der Waals surface area contributed by atoms with Gasteiger partial charge in [-0.2, -0.15) is 4.98 Å².